The number of benzene rings is 1. The second-order valence-electron chi connectivity index (χ2n) is 3.89. The fourth-order valence-corrected chi connectivity index (χ4v) is 1.51. The van der Waals surface area contributed by atoms with E-state index in [1.54, 1.807) is 6.08 Å². The first-order valence-electron chi connectivity index (χ1n) is 5.82. The number of rotatable bonds is 8. The monoisotopic (exact) mass is 246 g/mol. The molecule has 0 aliphatic heterocycles. The molecule has 1 aromatic rings. The maximum absolute atomic E-state index is 11.4. The van der Waals surface area contributed by atoms with Crippen LogP contribution in [0, 0.1) is 0 Å². The number of aliphatic hydroxyl groups excluding tert-OH is 1. The Kier molecular flexibility index (Phi) is 5.88. The number of aliphatic hydroxyl groups is 1. The Morgan fingerprint density at radius 3 is 2.72 bits per heavy atom. The summed E-state index contributed by atoms with van der Waals surface area (Å²) >= 11 is 0. The summed E-state index contributed by atoms with van der Waals surface area (Å²) in [6.45, 7) is 7.09. The number of Topliss-reactive ketones (excluding diaryl/α,β-unsaturated/α-hetero) is 1. The van der Waals surface area contributed by atoms with Gasteiger partial charge >= 0.3 is 0 Å². The molecule has 3 heteroatoms. The Morgan fingerprint density at radius 1 is 1.33 bits per heavy atom. The lowest BCUT2D eigenvalue weighted by molar-refractivity contribution is -0.127. The normalized spacial score (nSPS) is 11.6. The minimum atomic E-state index is -1.11. The molecule has 0 aliphatic rings. The fourth-order valence-electron chi connectivity index (χ4n) is 1.51. The maximum Gasteiger partial charge on any atom is 0.168 e. The van der Waals surface area contributed by atoms with E-state index >= 15 is 0 Å². The number of hydrogen-bond acceptors (Lipinski definition) is 3. The van der Waals surface area contributed by atoms with Crippen LogP contribution in [0.5, 0.6) is 5.75 Å². The molecule has 1 rings (SSSR count). The largest absolute Gasteiger partial charge is 0.490 e. The molecule has 0 spiro atoms. The average molecular weight is 246 g/mol. The predicted molar refractivity (Wildman–Crippen MR) is 71.7 cm³/mol. The molecule has 1 atom stereocenters. The van der Waals surface area contributed by atoms with Gasteiger partial charge in [0.25, 0.3) is 0 Å². The zero-order chi connectivity index (χ0) is 13.4. The van der Waals surface area contributed by atoms with Gasteiger partial charge in [-0.25, -0.2) is 0 Å². The summed E-state index contributed by atoms with van der Waals surface area (Å²) in [5.74, 6) is 0.383. The van der Waals surface area contributed by atoms with Gasteiger partial charge in [-0.15, -0.1) is 13.2 Å². The highest BCUT2D eigenvalue weighted by Gasteiger charge is 2.14. The lowest BCUT2D eigenvalue weighted by Crippen LogP contribution is -2.27. The molecule has 0 saturated heterocycles. The quantitative estimate of drug-likeness (QED) is 0.716. The van der Waals surface area contributed by atoms with Gasteiger partial charge in [-0.05, 0) is 18.1 Å². The van der Waals surface area contributed by atoms with Crippen molar-refractivity contribution < 1.29 is 14.6 Å². The number of carbonyl (C=O) groups excluding carboxylic acids is 1. The van der Waals surface area contributed by atoms with E-state index in [0.29, 0.717) is 12.2 Å². The van der Waals surface area contributed by atoms with Crippen LogP contribution in [0.4, 0.5) is 0 Å². The smallest absolute Gasteiger partial charge is 0.168 e. The van der Waals surface area contributed by atoms with Crippen LogP contribution in [-0.2, 0) is 11.2 Å². The van der Waals surface area contributed by atoms with Crippen molar-refractivity contribution in [2.45, 2.75) is 18.9 Å². The summed E-state index contributed by atoms with van der Waals surface area (Å²) in [6.07, 6.45) is 2.98. The van der Waals surface area contributed by atoms with Gasteiger partial charge < -0.3 is 9.84 Å². The highest BCUT2D eigenvalue weighted by atomic mass is 16.5. The van der Waals surface area contributed by atoms with Gasteiger partial charge in [-0.2, -0.15) is 0 Å². The third-order valence-corrected chi connectivity index (χ3v) is 2.45. The van der Waals surface area contributed by atoms with Crippen molar-refractivity contribution in [2.75, 3.05) is 6.61 Å². The highest BCUT2D eigenvalue weighted by molar-refractivity contribution is 5.84. The number of hydrogen-bond donors (Lipinski definition) is 1. The zero-order valence-electron chi connectivity index (χ0n) is 10.3. The molecular weight excluding hydrogens is 228 g/mol. The van der Waals surface area contributed by atoms with Crippen molar-refractivity contribution in [3.05, 3.63) is 55.1 Å². The molecule has 18 heavy (non-hydrogen) atoms. The van der Waals surface area contributed by atoms with Crippen LogP contribution in [0.15, 0.2) is 49.6 Å². The Labute approximate surface area is 107 Å². The summed E-state index contributed by atoms with van der Waals surface area (Å²) in [7, 11) is 0. The molecule has 3 nitrogen and oxygen atoms in total. The second kappa shape index (κ2) is 7.45. The summed E-state index contributed by atoms with van der Waals surface area (Å²) in [5, 5.41) is 9.59. The van der Waals surface area contributed by atoms with Crippen molar-refractivity contribution in [3.8, 4) is 5.75 Å². The van der Waals surface area contributed by atoms with Crippen LogP contribution in [0.25, 0.3) is 0 Å². The minimum absolute atomic E-state index is 0.0408. The standard InChI is InChI=1S/C15H18O3/c1-3-7-12-9-5-6-10-15(12)18-11-14(17)13(16)8-4-2/h3-6,9-10,14,17H,1-2,7-8,11H2. The maximum atomic E-state index is 11.4. The molecule has 1 aromatic carbocycles. The topological polar surface area (TPSA) is 46.5 Å². The zero-order valence-corrected chi connectivity index (χ0v) is 10.3. The molecule has 1 N–H and O–H groups in total. The summed E-state index contributed by atoms with van der Waals surface area (Å²) in [4.78, 5) is 11.4. The number of para-hydroxylation sites is 1. The Balaban J connectivity index is 2.60. The fraction of sp³-hybridized carbons (Fsp3) is 0.267. The van der Waals surface area contributed by atoms with Crippen molar-refractivity contribution >= 4 is 5.78 Å². The van der Waals surface area contributed by atoms with Crippen molar-refractivity contribution in [1.29, 1.82) is 0 Å². The van der Waals surface area contributed by atoms with E-state index in [1.807, 2.05) is 24.3 Å². The van der Waals surface area contributed by atoms with Crippen LogP contribution in [0.1, 0.15) is 12.0 Å². The molecule has 0 bridgehead atoms. The molecule has 1 unspecified atom stereocenters. The SMILES string of the molecule is C=CCC(=O)C(O)COc1ccccc1CC=C. The van der Waals surface area contributed by atoms with E-state index in [1.165, 1.54) is 6.08 Å². The van der Waals surface area contributed by atoms with Crippen LogP contribution in [0.2, 0.25) is 0 Å². The highest BCUT2D eigenvalue weighted by Crippen LogP contribution is 2.19. The first-order chi connectivity index (χ1) is 8.69. The Bertz CT molecular complexity index is 424. The second-order valence-corrected chi connectivity index (χ2v) is 3.89. The van der Waals surface area contributed by atoms with E-state index in [0.717, 1.165) is 5.56 Å². The van der Waals surface area contributed by atoms with Crippen molar-refractivity contribution in [1.82, 2.24) is 0 Å². The Hall–Kier alpha value is -1.87. The van der Waals surface area contributed by atoms with Crippen LogP contribution >= 0.6 is 0 Å². The van der Waals surface area contributed by atoms with Crippen molar-refractivity contribution in [2.24, 2.45) is 0 Å². The van der Waals surface area contributed by atoms with Crippen LogP contribution in [-0.4, -0.2) is 23.6 Å². The van der Waals surface area contributed by atoms with Gasteiger partial charge in [-0.3, -0.25) is 4.79 Å². The van der Waals surface area contributed by atoms with Gasteiger partial charge in [0.1, 0.15) is 18.5 Å². The summed E-state index contributed by atoms with van der Waals surface area (Å²) in [5.41, 5.74) is 0.982. The molecule has 0 heterocycles. The van der Waals surface area contributed by atoms with E-state index in [-0.39, 0.29) is 18.8 Å². The molecule has 0 aliphatic carbocycles. The molecule has 0 aromatic heterocycles. The van der Waals surface area contributed by atoms with E-state index in [4.69, 9.17) is 4.74 Å². The number of allylic oxidation sites excluding steroid dienone is 2. The lowest BCUT2D eigenvalue weighted by Gasteiger charge is -2.13. The number of carbonyl (C=O) groups is 1. The molecular formula is C15H18O3. The van der Waals surface area contributed by atoms with Crippen LogP contribution in [0.3, 0.4) is 0 Å². The van der Waals surface area contributed by atoms with E-state index in [9.17, 15) is 9.90 Å². The first-order valence-corrected chi connectivity index (χ1v) is 5.82. The van der Waals surface area contributed by atoms with Crippen molar-refractivity contribution in [3.63, 3.8) is 0 Å². The van der Waals surface area contributed by atoms with Gasteiger partial charge in [0, 0.05) is 6.42 Å². The van der Waals surface area contributed by atoms with Gasteiger partial charge in [0.05, 0.1) is 0 Å². The number of ketones is 1. The minimum Gasteiger partial charge on any atom is -0.490 e. The predicted octanol–water partition coefficient (Wildman–Crippen LogP) is 2.30. The van der Waals surface area contributed by atoms with Gasteiger partial charge in [0.2, 0.25) is 0 Å². The molecule has 0 saturated carbocycles. The van der Waals surface area contributed by atoms with Gasteiger partial charge in [0.15, 0.2) is 5.78 Å². The van der Waals surface area contributed by atoms with Crippen LogP contribution < -0.4 is 4.74 Å². The first kappa shape index (κ1) is 14.2. The van der Waals surface area contributed by atoms with E-state index in [2.05, 4.69) is 13.2 Å². The lowest BCUT2D eigenvalue weighted by atomic mass is 10.1. The molecule has 0 fully saturated rings. The van der Waals surface area contributed by atoms with Gasteiger partial charge in [-0.1, -0.05) is 30.4 Å². The Morgan fingerprint density at radius 2 is 2.06 bits per heavy atom. The molecule has 0 amide bonds. The summed E-state index contributed by atoms with van der Waals surface area (Å²) < 4.78 is 5.47. The van der Waals surface area contributed by atoms with E-state index < -0.39 is 6.10 Å². The molecule has 96 valence electrons. The number of ether oxygens (including phenoxy) is 1. The average Bonchev–Trinajstić information content (AvgIpc) is 2.38. The molecule has 0 radical (unpaired) electrons. The summed E-state index contributed by atoms with van der Waals surface area (Å²) in [6, 6.07) is 7.49. The third kappa shape index (κ3) is 4.18. The third-order valence-electron chi connectivity index (χ3n) is 2.45.